The van der Waals surface area contributed by atoms with Gasteiger partial charge in [-0.15, -0.1) is 11.3 Å². The minimum absolute atomic E-state index is 0.153. The van der Waals surface area contributed by atoms with Crippen molar-refractivity contribution in [3.63, 3.8) is 0 Å². The van der Waals surface area contributed by atoms with Gasteiger partial charge in [-0.2, -0.15) is 0 Å². The molecule has 3 N–H and O–H groups in total. The number of hydrogen-bond donors (Lipinski definition) is 3. The number of nitrogens with one attached hydrogen (secondary N) is 3. The number of fused-ring (bicyclic) bond motifs is 1. The largest absolute Gasteiger partial charge is 0.323 e. The summed E-state index contributed by atoms with van der Waals surface area (Å²) in [5.41, 5.74) is 2.56. The van der Waals surface area contributed by atoms with E-state index in [0.29, 0.717) is 10.9 Å². The first-order valence-corrected chi connectivity index (χ1v) is 7.37. The molecule has 0 spiro atoms. The van der Waals surface area contributed by atoms with Crippen LogP contribution < -0.4 is 11.0 Å². The molecule has 0 saturated carbocycles. The molecule has 0 radical (unpaired) electrons. The molecule has 104 valence electrons. The first-order chi connectivity index (χ1) is 9.61. The van der Waals surface area contributed by atoms with Gasteiger partial charge in [0.05, 0.1) is 17.2 Å². The number of imidazole rings is 1. The van der Waals surface area contributed by atoms with Crippen LogP contribution in [-0.2, 0) is 6.54 Å². The molecule has 0 saturated heterocycles. The lowest BCUT2D eigenvalue weighted by Crippen LogP contribution is -2.17. The second kappa shape index (κ2) is 5.40. The predicted molar refractivity (Wildman–Crippen MR) is 81.3 cm³/mol. The van der Waals surface area contributed by atoms with Crippen LogP contribution in [0.2, 0.25) is 4.34 Å². The van der Waals surface area contributed by atoms with E-state index in [-0.39, 0.29) is 11.7 Å². The Kier molecular flexibility index (Phi) is 3.60. The third-order valence-corrected chi connectivity index (χ3v) is 4.24. The van der Waals surface area contributed by atoms with Gasteiger partial charge in [0.1, 0.15) is 9.34 Å². The predicted octanol–water partition coefficient (Wildman–Crippen LogP) is 2.82. The Morgan fingerprint density at radius 3 is 2.95 bits per heavy atom. The van der Waals surface area contributed by atoms with Gasteiger partial charge in [-0.05, 0) is 24.6 Å². The highest BCUT2D eigenvalue weighted by Crippen LogP contribution is 2.20. The van der Waals surface area contributed by atoms with Crippen LogP contribution in [0, 0.1) is 0 Å². The van der Waals surface area contributed by atoms with E-state index < -0.39 is 0 Å². The Morgan fingerprint density at radius 2 is 2.20 bits per heavy atom. The van der Waals surface area contributed by atoms with Gasteiger partial charge in [0, 0.05) is 12.6 Å². The summed E-state index contributed by atoms with van der Waals surface area (Å²) in [7, 11) is 0. The Balaban J connectivity index is 1.74. The van der Waals surface area contributed by atoms with Gasteiger partial charge in [-0.1, -0.05) is 17.7 Å². The molecule has 2 aromatic heterocycles. The van der Waals surface area contributed by atoms with Crippen molar-refractivity contribution < 1.29 is 0 Å². The van der Waals surface area contributed by atoms with Gasteiger partial charge in [0.25, 0.3) is 0 Å². The van der Waals surface area contributed by atoms with Gasteiger partial charge in [-0.25, -0.2) is 9.78 Å². The van der Waals surface area contributed by atoms with Gasteiger partial charge in [-0.3, -0.25) is 0 Å². The number of nitrogens with zero attached hydrogens (tertiary/aromatic N) is 1. The molecule has 3 aromatic rings. The summed E-state index contributed by atoms with van der Waals surface area (Å²) in [4.78, 5) is 20.9. The van der Waals surface area contributed by atoms with E-state index in [1.54, 1.807) is 6.20 Å². The topological polar surface area (TPSA) is 73.6 Å². The Hall–Kier alpha value is -1.63. The van der Waals surface area contributed by atoms with Crippen molar-refractivity contribution in [3.05, 3.63) is 49.8 Å². The van der Waals surface area contributed by atoms with Gasteiger partial charge < -0.3 is 15.3 Å². The maximum atomic E-state index is 11.2. The standard InChI is InChI=1S/C13H13ClN4OS/c1-7(15-6-12-16-5-11(14)20-12)8-2-3-9-10(4-8)18-13(19)17-9/h2-5,7,15H,6H2,1H3,(H2,17,18,19). The lowest BCUT2D eigenvalue weighted by molar-refractivity contribution is 0.573. The number of aromatic amines is 2. The highest BCUT2D eigenvalue weighted by molar-refractivity contribution is 7.15. The molecule has 0 aliphatic rings. The van der Waals surface area contributed by atoms with Gasteiger partial charge in [0.2, 0.25) is 0 Å². The van der Waals surface area contributed by atoms with E-state index in [1.807, 2.05) is 18.2 Å². The van der Waals surface area contributed by atoms with E-state index in [2.05, 4.69) is 27.2 Å². The maximum Gasteiger partial charge on any atom is 0.323 e. The summed E-state index contributed by atoms with van der Waals surface area (Å²) >= 11 is 7.32. The van der Waals surface area contributed by atoms with Crippen LogP contribution in [0.25, 0.3) is 11.0 Å². The maximum absolute atomic E-state index is 11.2. The zero-order valence-corrected chi connectivity index (χ0v) is 12.3. The van der Waals surface area contributed by atoms with E-state index in [0.717, 1.165) is 21.6 Å². The summed E-state index contributed by atoms with van der Waals surface area (Å²) in [6.07, 6.45) is 1.66. The lowest BCUT2D eigenvalue weighted by Gasteiger charge is -2.13. The molecular weight excluding hydrogens is 296 g/mol. The first-order valence-electron chi connectivity index (χ1n) is 6.17. The molecule has 5 nitrogen and oxygen atoms in total. The van der Waals surface area contributed by atoms with E-state index >= 15 is 0 Å². The van der Waals surface area contributed by atoms with Crippen LogP contribution in [0.3, 0.4) is 0 Å². The average molecular weight is 309 g/mol. The Bertz CT molecular complexity index is 791. The average Bonchev–Trinajstić information content (AvgIpc) is 2.99. The van der Waals surface area contributed by atoms with Crippen LogP contribution in [-0.4, -0.2) is 15.0 Å². The van der Waals surface area contributed by atoms with Gasteiger partial charge in [0.15, 0.2) is 0 Å². The monoisotopic (exact) mass is 308 g/mol. The molecule has 3 rings (SSSR count). The highest BCUT2D eigenvalue weighted by Gasteiger charge is 2.08. The number of hydrogen-bond acceptors (Lipinski definition) is 4. The van der Waals surface area contributed by atoms with Crippen molar-refractivity contribution in [1.82, 2.24) is 20.3 Å². The fraction of sp³-hybridized carbons (Fsp3) is 0.231. The van der Waals surface area contributed by atoms with Crippen LogP contribution in [0.5, 0.6) is 0 Å². The first kappa shape index (κ1) is 13.4. The third kappa shape index (κ3) is 2.77. The second-order valence-electron chi connectivity index (χ2n) is 4.54. The number of halogens is 1. The summed E-state index contributed by atoms with van der Waals surface area (Å²) in [6, 6.07) is 6.03. The number of thiazole rings is 1. The molecule has 0 fully saturated rings. The molecule has 0 aliphatic carbocycles. The van der Waals surface area contributed by atoms with Crippen molar-refractivity contribution in [1.29, 1.82) is 0 Å². The van der Waals surface area contributed by atoms with Crippen molar-refractivity contribution in [2.24, 2.45) is 0 Å². The molecule has 1 atom stereocenters. The van der Waals surface area contributed by atoms with Crippen molar-refractivity contribution in [2.75, 3.05) is 0 Å². The number of rotatable bonds is 4. The Morgan fingerprint density at radius 1 is 1.40 bits per heavy atom. The van der Waals surface area contributed by atoms with Crippen molar-refractivity contribution in [3.8, 4) is 0 Å². The minimum atomic E-state index is -0.185. The Labute approximate surface area is 124 Å². The molecular formula is C13H13ClN4OS. The van der Waals surface area contributed by atoms with E-state index in [1.165, 1.54) is 11.3 Å². The van der Waals surface area contributed by atoms with Crippen LogP contribution in [0.1, 0.15) is 23.5 Å². The molecule has 0 aliphatic heterocycles. The second-order valence-corrected chi connectivity index (χ2v) is 6.29. The third-order valence-electron chi connectivity index (χ3n) is 3.12. The number of benzene rings is 1. The van der Waals surface area contributed by atoms with E-state index in [4.69, 9.17) is 11.6 Å². The van der Waals surface area contributed by atoms with Gasteiger partial charge >= 0.3 is 5.69 Å². The quantitative estimate of drug-likeness (QED) is 0.694. The van der Waals surface area contributed by atoms with Crippen molar-refractivity contribution in [2.45, 2.75) is 19.5 Å². The van der Waals surface area contributed by atoms with Crippen LogP contribution in [0.4, 0.5) is 0 Å². The molecule has 1 unspecified atom stereocenters. The normalized spacial score (nSPS) is 12.9. The summed E-state index contributed by atoms with van der Waals surface area (Å²) < 4.78 is 0.695. The minimum Gasteiger partial charge on any atom is -0.306 e. The number of H-pyrrole nitrogens is 2. The lowest BCUT2D eigenvalue weighted by atomic mass is 10.1. The molecule has 0 amide bonds. The highest BCUT2D eigenvalue weighted by atomic mass is 35.5. The fourth-order valence-electron chi connectivity index (χ4n) is 2.05. The fourth-order valence-corrected chi connectivity index (χ4v) is 2.95. The molecule has 0 bridgehead atoms. The van der Waals surface area contributed by atoms with Crippen LogP contribution in [0.15, 0.2) is 29.2 Å². The van der Waals surface area contributed by atoms with Crippen LogP contribution >= 0.6 is 22.9 Å². The van der Waals surface area contributed by atoms with Crippen molar-refractivity contribution >= 4 is 34.0 Å². The molecule has 2 heterocycles. The number of aromatic nitrogens is 3. The van der Waals surface area contributed by atoms with E-state index in [9.17, 15) is 4.79 Å². The zero-order valence-electron chi connectivity index (χ0n) is 10.7. The molecule has 1 aromatic carbocycles. The smallest absolute Gasteiger partial charge is 0.306 e. The zero-order chi connectivity index (χ0) is 14.1. The molecule has 7 heteroatoms. The summed E-state index contributed by atoms with van der Waals surface area (Å²) in [5, 5.41) is 4.34. The summed E-state index contributed by atoms with van der Waals surface area (Å²) in [6.45, 7) is 2.74. The SMILES string of the molecule is CC(NCc1ncc(Cl)s1)c1ccc2[nH]c(=O)[nH]c2c1. The molecule has 20 heavy (non-hydrogen) atoms. The summed E-state index contributed by atoms with van der Waals surface area (Å²) in [5.74, 6) is 0.